The zero-order valence-electron chi connectivity index (χ0n) is 14.1. The molecule has 0 radical (unpaired) electrons. The lowest BCUT2D eigenvalue weighted by molar-refractivity contribution is 0.288. The number of nitrogens with two attached hydrogens (primary N) is 1. The molecule has 0 amide bonds. The average Bonchev–Trinajstić information content (AvgIpc) is 2.56. The number of aromatic nitrogens is 2. The Morgan fingerprint density at radius 1 is 1.25 bits per heavy atom. The maximum atomic E-state index is 5.90. The number of hydrogen-bond donors (Lipinski definition) is 2. The number of fused-ring (bicyclic) bond motifs is 1. The molecule has 126 valence electrons. The van der Waals surface area contributed by atoms with Crippen LogP contribution in [0.3, 0.4) is 0 Å². The molecule has 2 aromatic rings. The van der Waals surface area contributed by atoms with Crippen LogP contribution in [-0.4, -0.2) is 22.6 Å². The van der Waals surface area contributed by atoms with Gasteiger partial charge in [0.1, 0.15) is 17.4 Å². The van der Waals surface area contributed by atoms with Crippen LogP contribution in [0.15, 0.2) is 24.3 Å². The molecule has 2 heterocycles. The van der Waals surface area contributed by atoms with E-state index >= 15 is 0 Å². The first-order valence-electron chi connectivity index (χ1n) is 8.77. The Hall–Kier alpha value is -2.14. The standard InChI is InChI=1S/C19H24N4O/c1-12-22-17(15-8-16(20)9-15)10-19(23-12)21-11-13-4-5-18-14(7-13)3-2-6-24-18/h4-5,7,10,15-16H,2-3,6,8-9,11,20H2,1H3,(H,21,22,23). The fourth-order valence-corrected chi connectivity index (χ4v) is 3.51. The molecule has 5 nitrogen and oxygen atoms in total. The van der Waals surface area contributed by atoms with Crippen LogP contribution in [0.25, 0.3) is 0 Å². The van der Waals surface area contributed by atoms with Gasteiger partial charge < -0.3 is 15.8 Å². The van der Waals surface area contributed by atoms with Crippen LogP contribution in [0.1, 0.15) is 47.8 Å². The van der Waals surface area contributed by atoms with Crippen LogP contribution < -0.4 is 15.8 Å². The minimum Gasteiger partial charge on any atom is -0.493 e. The first kappa shape index (κ1) is 15.4. The number of hydrogen-bond acceptors (Lipinski definition) is 5. The van der Waals surface area contributed by atoms with Gasteiger partial charge in [-0.1, -0.05) is 12.1 Å². The molecule has 0 saturated heterocycles. The quantitative estimate of drug-likeness (QED) is 0.904. The van der Waals surface area contributed by atoms with Crippen LogP contribution in [0, 0.1) is 6.92 Å². The summed E-state index contributed by atoms with van der Waals surface area (Å²) >= 11 is 0. The van der Waals surface area contributed by atoms with E-state index in [2.05, 4.69) is 39.6 Å². The summed E-state index contributed by atoms with van der Waals surface area (Å²) < 4.78 is 5.68. The first-order chi connectivity index (χ1) is 11.7. The van der Waals surface area contributed by atoms with E-state index in [4.69, 9.17) is 10.5 Å². The molecule has 3 N–H and O–H groups in total. The van der Waals surface area contributed by atoms with Crippen molar-refractivity contribution in [2.75, 3.05) is 11.9 Å². The highest BCUT2D eigenvalue weighted by Crippen LogP contribution is 2.35. The molecule has 0 bridgehead atoms. The Kier molecular flexibility index (Phi) is 4.10. The highest BCUT2D eigenvalue weighted by atomic mass is 16.5. The summed E-state index contributed by atoms with van der Waals surface area (Å²) in [5.41, 5.74) is 9.58. The Balaban J connectivity index is 1.45. The molecule has 1 saturated carbocycles. The molecular weight excluding hydrogens is 300 g/mol. The third kappa shape index (κ3) is 3.22. The minimum atomic E-state index is 0.333. The Labute approximate surface area is 142 Å². The van der Waals surface area contributed by atoms with E-state index in [1.54, 1.807) is 0 Å². The fourth-order valence-electron chi connectivity index (χ4n) is 3.51. The van der Waals surface area contributed by atoms with Gasteiger partial charge in [-0.15, -0.1) is 0 Å². The van der Waals surface area contributed by atoms with Crippen molar-refractivity contribution in [3.05, 3.63) is 46.9 Å². The number of ether oxygens (including phenoxy) is 1. The van der Waals surface area contributed by atoms with Crippen molar-refractivity contribution in [1.82, 2.24) is 9.97 Å². The van der Waals surface area contributed by atoms with Gasteiger partial charge in [-0.3, -0.25) is 0 Å². The van der Waals surface area contributed by atoms with Gasteiger partial charge in [-0.05, 0) is 49.8 Å². The smallest absolute Gasteiger partial charge is 0.130 e. The van der Waals surface area contributed by atoms with Crippen molar-refractivity contribution in [1.29, 1.82) is 0 Å². The summed E-state index contributed by atoms with van der Waals surface area (Å²) in [4.78, 5) is 9.10. The molecule has 0 spiro atoms. The molecule has 1 aliphatic carbocycles. The summed E-state index contributed by atoms with van der Waals surface area (Å²) in [5.74, 6) is 3.23. The second-order valence-corrected chi connectivity index (χ2v) is 6.90. The van der Waals surface area contributed by atoms with Gasteiger partial charge in [0.15, 0.2) is 0 Å². The maximum absolute atomic E-state index is 5.90. The van der Waals surface area contributed by atoms with Gasteiger partial charge in [-0.25, -0.2) is 9.97 Å². The van der Waals surface area contributed by atoms with Gasteiger partial charge in [0.05, 0.1) is 6.61 Å². The minimum absolute atomic E-state index is 0.333. The molecule has 1 aromatic carbocycles. The average molecular weight is 324 g/mol. The Bertz CT molecular complexity index is 740. The van der Waals surface area contributed by atoms with Crippen LogP contribution in [0.5, 0.6) is 5.75 Å². The van der Waals surface area contributed by atoms with Crippen LogP contribution >= 0.6 is 0 Å². The first-order valence-corrected chi connectivity index (χ1v) is 8.77. The molecule has 4 rings (SSSR count). The molecule has 0 atom stereocenters. The third-order valence-corrected chi connectivity index (χ3v) is 4.90. The zero-order valence-corrected chi connectivity index (χ0v) is 14.1. The number of rotatable bonds is 4. The van der Waals surface area contributed by atoms with E-state index in [-0.39, 0.29) is 0 Å². The van der Waals surface area contributed by atoms with Crippen molar-refractivity contribution in [2.24, 2.45) is 5.73 Å². The second kappa shape index (κ2) is 6.40. The lowest BCUT2D eigenvalue weighted by Gasteiger charge is -2.32. The lowest BCUT2D eigenvalue weighted by Crippen LogP contribution is -2.35. The molecule has 2 aliphatic rings. The summed E-state index contributed by atoms with van der Waals surface area (Å²) in [7, 11) is 0. The Morgan fingerprint density at radius 3 is 2.96 bits per heavy atom. The largest absolute Gasteiger partial charge is 0.493 e. The van der Waals surface area contributed by atoms with E-state index in [1.807, 2.05) is 6.92 Å². The van der Waals surface area contributed by atoms with Crippen molar-refractivity contribution < 1.29 is 4.74 Å². The van der Waals surface area contributed by atoms with E-state index in [1.165, 1.54) is 11.1 Å². The molecule has 1 aliphatic heterocycles. The van der Waals surface area contributed by atoms with Crippen molar-refractivity contribution in [3.63, 3.8) is 0 Å². The highest BCUT2D eigenvalue weighted by molar-refractivity contribution is 5.42. The van der Waals surface area contributed by atoms with E-state index in [0.717, 1.165) is 61.9 Å². The SMILES string of the molecule is Cc1nc(NCc2ccc3c(c2)CCCO3)cc(C2CC(N)C2)n1. The molecule has 24 heavy (non-hydrogen) atoms. The number of benzene rings is 1. The fraction of sp³-hybridized carbons (Fsp3) is 0.474. The molecule has 1 aromatic heterocycles. The molecule has 5 heteroatoms. The third-order valence-electron chi connectivity index (χ3n) is 4.90. The van der Waals surface area contributed by atoms with Gasteiger partial charge >= 0.3 is 0 Å². The number of nitrogens with zero attached hydrogens (tertiary/aromatic N) is 2. The second-order valence-electron chi connectivity index (χ2n) is 6.90. The Morgan fingerprint density at radius 2 is 2.12 bits per heavy atom. The molecular formula is C19H24N4O. The zero-order chi connectivity index (χ0) is 16.5. The predicted octanol–water partition coefficient (Wildman–Crippen LogP) is 2.93. The van der Waals surface area contributed by atoms with Crippen molar-refractivity contribution >= 4 is 5.82 Å². The van der Waals surface area contributed by atoms with Gasteiger partial charge in [-0.2, -0.15) is 0 Å². The van der Waals surface area contributed by atoms with Crippen molar-refractivity contribution in [2.45, 2.75) is 51.1 Å². The number of nitrogens with one attached hydrogen (secondary N) is 1. The maximum Gasteiger partial charge on any atom is 0.130 e. The normalized spacial score (nSPS) is 22.2. The summed E-state index contributed by atoms with van der Waals surface area (Å²) in [6.45, 7) is 3.54. The van der Waals surface area contributed by atoms with Crippen LogP contribution in [0.4, 0.5) is 5.82 Å². The molecule has 1 fully saturated rings. The summed E-state index contributed by atoms with van der Waals surface area (Å²) in [5, 5.41) is 3.44. The van der Waals surface area contributed by atoms with Gasteiger partial charge in [0.25, 0.3) is 0 Å². The topological polar surface area (TPSA) is 73.1 Å². The summed E-state index contributed by atoms with van der Waals surface area (Å²) in [6.07, 6.45) is 4.26. The number of anilines is 1. The van der Waals surface area contributed by atoms with Gasteiger partial charge in [0.2, 0.25) is 0 Å². The monoisotopic (exact) mass is 324 g/mol. The van der Waals surface area contributed by atoms with E-state index < -0.39 is 0 Å². The lowest BCUT2D eigenvalue weighted by atomic mass is 9.78. The van der Waals surface area contributed by atoms with E-state index in [9.17, 15) is 0 Å². The van der Waals surface area contributed by atoms with Gasteiger partial charge in [0, 0.05) is 30.3 Å². The van der Waals surface area contributed by atoms with Crippen molar-refractivity contribution in [3.8, 4) is 5.75 Å². The highest BCUT2D eigenvalue weighted by Gasteiger charge is 2.28. The van der Waals surface area contributed by atoms with E-state index in [0.29, 0.717) is 12.0 Å². The van der Waals surface area contributed by atoms with Crippen LogP contribution in [0.2, 0.25) is 0 Å². The predicted molar refractivity (Wildman–Crippen MR) is 94.3 cm³/mol. The summed E-state index contributed by atoms with van der Waals surface area (Å²) in [6, 6.07) is 8.85. The number of aryl methyl sites for hydroxylation is 2. The molecule has 0 unspecified atom stereocenters. The van der Waals surface area contributed by atoms with Crippen LogP contribution in [-0.2, 0) is 13.0 Å².